The highest BCUT2D eigenvalue weighted by molar-refractivity contribution is 4.83. The van der Waals surface area contributed by atoms with Crippen LogP contribution in [0.3, 0.4) is 0 Å². The van der Waals surface area contributed by atoms with E-state index in [9.17, 15) is 0 Å². The Morgan fingerprint density at radius 3 is 2.53 bits per heavy atom. The molecule has 1 saturated carbocycles. The monoisotopic (exact) mass is 212 g/mol. The Bertz CT molecular complexity index is 220. The van der Waals surface area contributed by atoms with Crippen molar-refractivity contribution in [1.82, 2.24) is 0 Å². The lowest BCUT2D eigenvalue weighted by Crippen LogP contribution is -3.11. The lowest BCUT2D eigenvalue weighted by atomic mass is 10.2. The van der Waals surface area contributed by atoms with Crippen molar-refractivity contribution in [3.05, 3.63) is 0 Å². The Labute approximate surface area is 91.7 Å². The van der Waals surface area contributed by atoms with Gasteiger partial charge in [0.25, 0.3) is 0 Å². The molecule has 0 aromatic heterocycles. The smallest absolute Gasteiger partial charge is 0.169 e. The molecular weight excluding hydrogens is 190 g/mol. The third-order valence-electron chi connectivity index (χ3n) is 4.11. The molecule has 2 heterocycles. The van der Waals surface area contributed by atoms with Crippen LogP contribution in [-0.4, -0.2) is 38.1 Å². The van der Waals surface area contributed by atoms with Crippen molar-refractivity contribution in [2.24, 2.45) is 0 Å². The van der Waals surface area contributed by atoms with E-state index in [0.29, 0.717) is 6.10 Å². The molecule has 1 atom stereocenters. The van der Waals surface area contributed by atoms with Crippen molar-refractivity contribution in [3.63, 3.8) is 0 Å². The summed E-state index contributed by atoms with van der Waals surface area (Å²) in [7, 11) is 0. The average Bonchev–Trinajstić information content (AvgIpc) is 2.92. The molecule has 0 radical (unpaired) electrons. The number of hydrogen-bond acceptors (Lipinski definition) is 2. The summed E-state index contributed by atoms with van der Waals surface area (Å²) in [6.45, 7) is 4.69. The predicted molar refractivity (Wildman–Crippen MR) is 56.8 cm³/mol. The van der Waals surface area contributed by atoms with Gasteiger partial charge in [-0.05, 0) is 12.8 Å². The molecule has 3 nitrogen and oxygen atoms in total. The number of quaternary nitrogens is 1. The molecule has 1 N–H and O–H groups in total. The fraction of sp³-hybridized carbons (Fsp3) is 1.00. The zero-order valence-electron chi connectivity index (χ0n) is 9.46. The van der Waals surface area contributed by atoms with Crippen LogP contribution in [0.1, 0.15) is 38.5 Å². The first-order valence-electron chi connectivity index (χ1n) is 6.52. The van der Waals surface area contributed by atoms with Gasteiger partial charge in [-0.25, -0.2) is 0 Å². The van der Waals surface area contributed by atoms with E-state index in [0.717, 1.165) is 19.4 Å². The van der Waals surface area contributed by atoms with E-state index < -0.39 is 0 Å². The van der Waals surface area contributed by atoms with E-state index in [1.807, 2.05) is 0 Å². The second kappa shape index (κ2) is 4.04. The zero-order chi connectivity index (χ0) is 10.1. The van der Waals surface area contributed by atoms with Gasteiger partial charge >= 0.3 is 0 Å². The molecule has 0 aromatic rings. The van der Waals surface area contributed by atoms with Crippen LogP contribution in [0.2, 0.25) is 0 Å². The Balaban J connectivity index is 1.52. The third-order valence-corrected chi connectivity index (χ3v) is 4.11. The van der Waals surface area contributed by atoms with Crippen molar-refractivity contribution in [3.8, 4) is 0 Å². The Morgan fingerprint density at radius 2 is 1.80 bits per heavy atom. The second-order valence-electron chi connectivity index (χ2n) is 5.33. The molecule has 3 fully saturated rings. The van der Waals surface area contributed by atoms with Crippen LogP contribution >= 0.6 is 0 Å². The maximum absolute atomic E-state index is 6.13. The summed E-state index contributed by atoms with van der Waals surface area (Å²) in [6.07, 6.45) is 7.98. The Kier molecular flexibility index (Phi) is 2.71. The molecule has 3 rings (SSSR count). The number of rotatable bonds is 2. The number of ether oxygens (including phenoxy) is 2. The van der Waals surface area contributed by atoms with Gasteiger partial charge in [-0.1, -0.05) is 0 Å². The van der Waals surface area contributed by atoms with Gasteiger partial charge in [0.2, 0.25) is 0 Å². The summed E-state index contributed by atoms with van der Waals surface area (Å²) in [6, 6.07) is 0. The van der Waals surface area contributed by atoms with Crippen LogP contribution in [0.15, 0.2) is 0 Å². The van der Waals surface area contributed by atoms with E-state index >= 15 is 0 Å². The van der Waals surface area contributed by atoms with Crippen molar-refractivity contribution >= 4 is 0 Å². The summed E-state index contributed by atoms with van der Waals surface area (Å²) < 4.78 is 12.0. The van der Waals surface area contributed by atoms with Crippen LogP contribution in [0.5, 0.6) is 0 Å². The summed E-state index contributed by atoms with van der Waals surface area (Å²) in [5.74, 6) is -0.149. The highest BCUT2D eigenvalue weighted by Gasteiger charge is 2.44. The maximum atomic E-state index is 6.13. The Morgan fingerprint density at radius 1 is 1.07 bits per heavy atom. The normalized spacial score (nSPS) is 35.6. The van der Waals surface area contributed by atoms with Crippen molar-refractivity contribution < 1.29 is 14.4 Å². The third kappa shape index (κ3) is 2.05. The summed E-state index contributed by atoms with van der Waals surface area (Å²) in [4.78, 5) is 1.72. The summed E-state index contributed by atoms with van der Waals surface area (Å²) in [5.41, 5.74) is 0. The molecule has 1 aliphatic carbocycles. The molecule has 86 valence electrons. The van der Waals surface area contributed by atoms with E-state index in [4.69, 9.17) is 9.47 Å². The van der Waals surface area contributed by atoms with Crippen LogP contribution < -0.4 is 4.90 Å². The first kappa shape index (κ1) is 10.1. The zero-order valence-corrected chi connectivity index (χ0v) is 9.46. The summed E-state index contributed by atoms with van der Waals surface area (Å²) in [5, 5.41) is 0. The fourth-order valence-corrected chi connectivity index (χ4v) is 3.29. The van der Waals surface area contributed by atoms with Crippen LogP contribution in [-0.2, 0) is 9.47 Å². The highest BCUT2D eigenvalue weighted by atomic mass is 16.7. The molecule has 15 heavy (non-hydrogen) atoms. The molecule has 3 heteroatoms. The minimum absolute atomic E-state index is 0.149. The molecule has 0 amide bonds. The van der Waals surface area contributed by atoms with Crippen molar-refractivity contribution in [2.45, 2.75) is 50.4 Å². The van der Waals surface area contributed by atoms with Gasteiger partial charge < -0.3 is 14.4 Å². The lowest BCUT2D eigenvalue weighted by Gasteiger charge is -2.22. The maximum Gasteiger partial charge on any atom is 0.169 e. The standard InChI is InChI=1S/C12H21NO2/c1-2-6-12(5-1)14-10-11(15-12)9-13-7-3-4-8-13/h11H,1-10H2/p+1/t11-/m1/s1. The summed E-state index contributed by atoms with van der Waals surface area (Å²) >= 11 is 0. The quantitative estimate of drug-likeness (QED) is 0.714. The van der Waals surface area contributed by atoms with Gasteiger partial charge in [0, 0.05) is 25.7 Å². The van der Waals surface area contributed by atoms with Crippen molar-refractivity contribution in [2.75, 3.05) is 26.2 Å². The van der Waals surface area contributed by atoms with Gasteiger partial charge in [0.15, 0.2) is 5.79 Å². The molecule has 0 bridgehead atoms. The van der Waals surface area contributed by atoms with Crippen LogP contribution in [0, 0.1) is 0 Å². The molecule has 0 aromatic carbocycles. The largest absolute Gasteiger partial charge is 0.347 e. The van der Waals surface area contributed by atoms with E-state index in [1.165, 1.54) is 45.3 Å². The molecule has 2 aliphatic heterocycles. The fourth-order valence-electron chi connectivity index (χ4n) is 3.29. The minimum atomic E-state index is -0.149. The number of nitrogens with one attached hydrogen (secondary N) is 1. The lowest BCUT2D eigenvalue weighted by molar-refractivity contribution is -0.890. The molecule has 1 spiro atoms. The molecule has 2 saturated heterocycles. The van der Waals surface area contributed by atoms with Gasteiger partial charge in [-0.15, -0.1) is 0 Å². The number of likely N-dealkylation sites (tertiary alicyclic amines) is 1. The van der Waals surface area contributed by atoms with E-state index in [2.05, 4.69) is 0 Å². The highest BCUT2D eigenvalue weighted by Crippen LogP contribution is 2.38. The second-order valence-corrected chi connectivity index (χ2v) is 5.33. The number of hydrogen-bond donors (Lipinski definition) is 1. The topological polar surface area (TPSA) is 22.9 Å². The SMILES string of the molecule is C1CC[NH+](C[C@@H]2COC3(CCCC3)O2)C1. The molecular formula is C12H22NO2+. The van der Waals surface area contributed by atoms with Gasteiger partial charge in [-0.3, -0.25) is 0 Å². The van der Waals surface area contributed by atoms with E-state index in [-0.39, 0.29) is 5.79 Å². The van der Waals surface area contributed by atoms with Gasteiger partial charge in [-0.2, -0.15) is 0 Å². The molecule has 0 unspecified atom stereocenters. The predicted octanol–water partition coefficient (Wildman–Crippen LogP) is 0.351. The van der Waals surface area contributed by atoms with Gasteiger partial charge in [0.05, 0.1) is 19.7 Å². The average molecular weight is 212 g/mol. The first-order valence-corrected chi connectivity index (χ1v) is 6.52. The van der Waals surface area contributed by atoms with E-state index in [1.54, 1.807) is 4.90 Å². The van der Waals surface area contributed by atoms with Crippen LogP contribution in [0.25, 0.3) is 0 Å². The first-order chi connectivity index (χ1) is 7.36. The minimum Gasteiger partial charge on any atom is -0.347 e. The van der Waals surface area contributed by atoms with Crippen LogP contribution in [0.4, 0.5) is 0 Å². The van der Waals surface area contributed by atoms with Gasteiger partial charge in [0.1, 0.15) is 12.6 Å². The molecule has 3 aliphatic rings. The van der Waals surface area contributed by atoms with Crippen molar-refractivity contribution in [1.29, 1.82) is 0 Å². The Hall–Kier alpha value is -0.120.